The van der Waals surface area contributed by atoms with E-state index in [4.69, 9.17) is 0 Å². The summed E-state index contributed by atoms with van der Waals surface area (Å²) in [6.07, 6.45) is 6.65. The number of pyridine rings is 1. The van der Waals surface area contributed by atoms with E-state index in [1.165, 1.54) is 19.0 Å². The Labute approximate surface area is 127 Å². The molecule has 1 atom stereocenters. The Morgan fingerprint density at radius 3 is 2.62 bits per heavy atom. The Morgan fingerprint density at radius 2 is 2.10 bits per heavy atom. The molecule has 0 bridgehead atoms. The van der Waals surface area contributed by atoms with Crippen LogP contribution in [-0.2, 0) is 10.0 Å². The summed E-state index contributed by atoms with van der Waals surface area (Å²) in [6, 6.07) is 3.35. The summed E-state index contributed by atoms with van der Waals surface area (Å²) < 4.78 is 27.5. The van der Waals surface area contributed by atoms with Gasteiger partial charge in [0.05, 0.1) is 0 Å². The number of anilines is 1. The average molecular weight is 311 g/mol. The van der Waals surface area contributed by atoms with Crippen LogP contribution in [0.2, 0.25) is 0 Å². The SMILES string of the molecule is CCCNc1ccc(S(=O)(=O)NC(CC)CC2CC2)cn1. The lowest BCUT2D eigenvalue weighted by atomic mass is 10.1. The minimum absolute atomic E-state index is 0.0281. The molecular formula is C15H25N3O2S. The maximum Gasteiger partial charge on any atom is 0.242 e. The summed E-state index contributed by atoms with van der Waals surface area (Å²) in [4.78, 5) is 4.39. The lowest BCUT2D eigenvalue weighted by Crippen LogP contribution is -2.34. The smallest absolute Gasteiger partial charge is 0.242 e. The molecule has 1 aromatic rings. The lowest BCUT2D eigenvalue weighted by molar-refractivity contribution is 0.495. The Balaban J connectivity index is 2.00. The maximum absolute atomic E-state index is 12.4. The van der Waals surface area contributed by atoms with Crippen LogP contribution in [0.5, 0.6) is 0 Å². The van der Waals surface area contributed by atoms with Crippen molar-refractivity contribution < 1.29 is 8.42 Å². The van der Waals surface area contributed by atoms with Gasteiger partial charge in [-0.1, -0.05) is 26.7 Å². The van der Waals surface area contributed by atoms with E-state index in [1.54, 1.807) is 12.1 Å². The van der Waals surface area contributed by atoms with E-state index in [9.17, 15) is 8.42 Å². The predicted octanol–water partition coefficient (Wildman–Crippen LogP) is 2.76. The molecule has 1 aliphatic carbocycles. The van der Waals surface area contributed by atoms with Crippen LogP contribution in [0.15, 0.2) is 23.2 Å². The topological polar surface area (TPSA) is 71.1 Å². The molecule has 6 heteroatoms. The van der Waals surface area contributed by atoms with E-state index in [1.807, 2.05) is 6.92 Å². The number of nitrogens with one attached hydrogen (secondary N) is 2. The molecule has 118 valence electrons. The molecule has 5 nitrogen and oxygen atoms in total. The quantitative estimate of drug-likeness (QED) is 0.735. The Hall–Kier alpha value is -1.14. The van der Waals surface area contributed by atoms with E-state index >= 15 is 0 Å². The summed E-state index contributed by atoms with van der Waals surface area (Å²) in [5.74, 6) is 1.41. The third kappa shape index (κ3) is 4.97. The second kappa shape index (κ2) is 7.22. The molecule has 1 aromatic heterocycles. The fourth-order valence-corrected chi connectivity index (χ4v) is 3.51. The first-order valence-electron chi connectivity index (χ1n) is 7.77. The second-order valence-corrected chi connectivity index (χ2v) is 7.43. The highest BCUT2D eigenvalue weighted by Crippen LogP contribution is 2.34. The van der Waals surface area contributed by atoms with Crippen molar-refractivity contribution in [3.63, 3.8) is 0 Å². The fraction of sp³-hybridized carbons (Fsp3) is 0.667. The molecular weight excluding hydrogens is 286 g/mol. The van der Waals surface area contributed by atoms with Crippen LogP contribution in [0.3, 0.4) is 0 Å². The molecule has 21 heavy (non-hydrogen) atoms. The van der Waals surface area contributed by atoms with Gasteiger partial charge in [0.15, 0.2) is 0 Å². The Bertz CT molecular complexity index is 539. The van der Waals surface area contributed by atoms with Crippen molar-refractivity contribution in [3.05, 3.63) is 18.3 Å². The molecule has 0 aromatic carbocycles. The van der Waals surface area contributed by atoms with Crippen LogP contribution < -0.4 is 10.0 Å². The summed E-state index contributed by atoms with van der Waals surface area (Å²) in [5, 5.41) is 3.13. The third-order valence-corrected chi connectivity index (χ3v) is 5.24. The normalized spacial score (nSPS) is 16.7. The molecule has 1 saturated carbocycles. The standard InChI is InChI=1S/C15H25N3O2S/c1-3-9-16-15-8-7-14(11-17-15)21(19,20)18-13(4-2)10-12-5-6-12/h7-8,11-13,18H,3-6,9-10H2,1-2H3,(H,16,17). The number of rotatable bonds is 9. The van der Waals surface area contributed by atoms with Crippen molar-refractivity contribution in [1.29, 1.82) is 0 Å². The van der Waals surface area contributed by atoms with Crippen molar-refractivity contribution in [1.82, 2.24) is 9.71 Å². The first-order chi connectivity index (χ1) is 10.0. The van der Waals surface area contributed by atoms with Gasteiger partial charge in [-0.2, -0.15) is 0 Å². The van der Waals surface area contributed by atoms with Gasteiger partial charge in [-0.25, -0.2) is 18.1 Å². The second-order valence-electron chi connectivity index (χ2n) is 5.71. The number of nitrogens with zero attached hydrogens (tertiary/aromatic N) is 1. The van der Waals surface area contributed by atoms with Gasteiger partial charge in [-0.05, 0) is 37.3 Å². The summed E-state index contributed by atoms with van der Waals surface area (Å²) in [7, 11) is -3.47. The monoisotopic (exact) mass is 311 g/mol. The molecule has 2 rings (SSSR count). The van der Waals surface area contributed by atoms with Gasteiger partial charge in [-0.15, -0.1) is 0 Å². The van der Waals surface area contributed by atoms with Gasteiger partial charge in [0.2, 0.25) is 10.0 Å². The largest absolute Gasteiger partial charge is 0.370 e. The molecule has 0 saturated heterocycles. The van der Waals surface area contributed by atoms with Gasteiger partial charge in [0, 0.05) is 18.8 Å². The molecule has 1 unspecified atom stereocenters. The van der Waals surface area contributed by atoms with Crippen LogP contribution in [0.4, 0.5) is 5.82 Å². The summed E-state index contributed by atoms with van der Waals surface area (Å²) >= 11 is 0. The van der Waals surface area contributed by atoms with Crippen LogP contribution >= 0.6 is 0 Å². The molecule has 0 radical (unpaired) electrons. The predicted molar refractivity (Wildman–Crippen MR) is 84.8 cm³/mol. The first kappa shape index (κ1) is 16.2. The minimum atomic E-state index is -3.47. The lowest BCUT2D eigenvalue weighted by Gasteiger charge is -2.16. The van der Waals surface area contributed by atoms with E-state index in [0.29, 0.717) is 11.7 Å². The summed E-state index contributed by atoms with van der Waals surface area (Å²) in [5.41, 5.74) is 0. The molecule has 0 amide bonds. The van der Waals surface area contributed by atoms with Gasteiger partial charge in [0.25, 0.3) is 0 Å². The number of hydrogen-bond acceptors (Lipinski definition) is 4. The van der Waals surface area contributed by atoms with Crippen molar-refractivity contribution in [2.45, 2.75) is 56.9 Å². The molecule has 1 heterocycles. The fourth-order valence-electron chi connectivity index (χ4n) is 2.24. The first-order valence-corrected chi connectivity index (χ1v) is 9.25. The van der Waals surface area contributed by atoms with Crippen molar-refractivity contribution in [2.24, 2.45) is 5.92 Å². The highest BCUT2D eigenvalue weighted by atomic mass is 32.2. The molecule has 2 N–H and O–H groups in total. The van der Waals surface area contributed by atoms with Crippen molar-refractivity contribution in [3.8, 4) is 0 Å². The van der Waals surface area contributed by atoms with Crippen LogP contribution in [0, 0.1) is 5.92 Å². The molecule has 1 fully saturated rings. The summed E-state index contributed by atoms with van der Waals surface area (Å²) in [6.45, 7) is 4.92. The van der Waals surface area contributed by atoms with Crippen molar-refractivity contribution >= 4 is 15.8 Å². The van der Waals surface area contributed by atoms with Crippen LogP contribution in [-0.4, -0.2) is 26.0 Å². The zero-order chi connectivity index (χ0) is 15.3. The number of aromatic nitrogens is 1. The van der Waals surface area contributed by atoms with Crippen LogP contribution in [0.25, 0.3) is 0 Å². The van der Waals surface area contributed by atoms with Gasteiger partial charge >= 0.3 is 0 Å². The number of hydrogen-bond donors (Lipinski definition) is 2. The minimum Gasteiger partial charge on any atom is -0.370 e. The van der Waals surface area contributed by atoms with Gasteiger partial charge in [-0.3, -0.25) is 0 Å². The molecule has 0 aliphatic heterocycles. The van der Waals surface area contributed by atoms with E-state index in [0.717, 1.165) is 25.8 Å². The molecule has 0 spiro atoms. The van der Waals surface area contributed by atoms with Crippen LogP contribution in [0.1, 0.15) is 46.0 Å². The number of sulfonamides is 1. The Kier molecular flexibility index (Phi) is 5.58. The zero-order valence-electron chi connectivity index (χ0n) is 12.8. The van der Waals surface area contributed by atoms with Gasteiger partial charge in [0.1, 0.15) is 10.7 Å². The highest BCUT2D eigenvalue weighted by Gasteiger charge is 2.27. The van der Waals surface area contributed by atoms with E-state index < -0.39 is 10.0 Å². The molecule has 1 aliphatic rings. The Morgan fingerprint density at radius 1 is 1.33 bits per heavy atom. The maximum atomic E-state index is 12.4. The average Bonchev–Trinajstić information content (AvgIpc) is 3.28. The van der Waals surface area contributed by atoms with E-state index in [-0.39, 0.29) is 10.9 Å². The third-order valence-electron chi connectivity index (χ3n) is 3.73. The van der Waals surface area contributed by atoms with Gasteiger partial charge < -0.3 is 5.32 Å². The highest BCUT2D eigenvalue weighted by molar-refractivity contribution is 7.89. The van der Waals surface area contributed by atoms with Crippen molar-refractivity contribution in [2.75, 3.05) is 11.9 Å². The van der Waals surface area contributed by atoms with E-state index in [2.05, 4.69) is 21.9 Å². The zero-order valence-corrected chi connectivity index (χ0v) is 13.6.